The van der Waals surface area contributed by atoms with Crippen molar-refractivity contribution >= 4 is 46.7 Å². The van der Waals surface area contributed by atoms with Gasteiger partial charge in [-0.15, -0.1) is 5.10 Å². The quantitative estimate of drug-likeness (QED) is 0.262. The lowest BCUT2D eigenvalue weighted by Gasteiger charge is -2.31. The number of carbonyl (C=O) groups is 2. The second-order valence-corrected chi connectivity index (χ2v) is 11.3. The Labute approximate surface area is 260 Å². The Bertz CT molecular complexity index is 1960. The second-order valence-electron chi connectivity index (χ2n) is 10.5. The highest BCUT2D eigenvalue weighted by atomic mass is 35.5. The molecule has 4 heterocycles. The molecule has 1 atom stereocenters. The van der Waals surface area contributed by atoms with E-state index in [1.165, 1.54) is 27.8 Å². The van der Waals surface area contributed by atoms with Crippen LogP contribution in [0.2, 0.25) is 10.2 Å². The minimum atomic E-state index is -1.06. The number of halogens is 2. The van der Waals surface area contributed by atoms with Gasteiger partial charge in [-0.05, 0) is 49.7 Å². The molecule has 0 aliphatic carbocycles. The van der Waals surface area contributed by atoms with Gasteiger partial charge in [0.05, 0.1) is 23.9 Å². The summed E-state index contributed by atoms with van der Waals surface area (Å²) in [4.78, 5) is 48.6. The number of carbonyl (C=O) groups excluding carboxylic acids is 2. The van der Waals surface area contributed by atoms with Crippen LogP contribution in [0.3, 0.4) is 0 Å². The van der Waals surface area contributed by atoms with Crippen molar-refractivity contribution in [2.24, 2.45) is 0 Å². The molecule has 12 nitrogen and oxygen atoms in total. The third-order valence-electron chi connectivity index (χ3n) is 6.95. The molecule has 2 amide bonds. The zero-order valence-corrected chi connectivity index (χ0v) is 24.9. The van der Waals surface area contributed by atoms with Crippen LogP contribution in [0.4, 0.5) is 11.6 Å². The van der Waals surface area contributed by atoms with Gasteiger partial charge in [-0.25, -0.2) is 14.6 Å². The lowest BCUT2D eigenvalue weighted by atomic mass is 10.0. The van der Waals surface area contributed by atoms with Gasteiger partial charge in [-0.1, -0.05) is 58.7 Å². The smallest absolute Gasteiger partial charge is 0.269 e. The second kappa shape index (κ2) is 11.5. The van der Waals surface area contributed by atoms with Crippen LogP contribution < -0.4 is 20.9 Å². The van der Waals surface area contributed by atoms with Gasteiger partial charge in [0.25, 0.3) is 11.5 Å². The molecule has 1 aliphatic rings. The van der Waals surface area contributed by atoms with Gasteiger partial charge in [0.15, 0.2) is 22.3 Å². The largest absolute Gasteiger partial charge is 0.474 e. The lowest BCUT2D eigenvalue weighted by molar-refractivity contribution is -0.129. The minimum Gasteiger partial charge on any atom is -0.474 e. The van der Waals surface area contributed by atoms with Crippen LogP contribution in [0.5, 0.6) is 5.75 Å². The van der Waals surface area contributed by atoms with Gasteiger partial charge in [-0.3, -0.25) is 19.0 Å². The number of rotatable bonds is 7. The van der Waals surface area contributed by atoms with Crippen molar-refractivity contribution in [3.8, 4) is 22.7 Å². The molecule has 5 aromatic rings. The molecule has 6 rings (SSSR count). The van der Waals surface area contributed by atoms with Crippen LogP contribution in [0.25, 0.3) is 16.9 Å². The predicted molar refractivity (Wildman–Crippen MR) is 164 cm³/mol. The van der Waals surface area contributed by atoms with Crippen molar-refractivity contribution in [3.63, 3.8) is 0 Å². The molecule has 0 spiro atoms. The fourth-order valence-electron chi connectivity index (χ4n) is 4.70. The number of ether oxygens (including phenoxy) is 1. The first-order valence-corrected chi connectivity index (χ1v) is 14.2. The average Bonchev–Trinajstić information content (AvgIpc) is 3.43. The van der Waals surface area contributed by atoms with E-state index in [4.69, 9.17) is 27.9 Å². The Balaban J connectivity index is 1.34. The van der Waals surface area contributed by atoms with Crippen molar-refractivity contribution in [3.05, 3.63) is 105 Å². The molecule has 222 valence electrons. The number of fused-ring (bicyclic) bond motifs is 1. The molecule has 3 aromatic heterocycles. The van der Waals surface area contributed by atoms with Crippen LogP contribution in [0, 0.1) is 0 Å². The highest BCUT2D eigenvalue weighted by Crippen LogP contribution is 2.33. The molecule has 1 aliphatic heterocycles. The number of anilines is 2. The molecular weight excluding hydrogens is 607 g/mol. The minimum absolute atomic E-state index is 0.170. The standard InChI is InChI=1S/C30H24Cl2N8O4/c1-30(2)29(43)36-27-23(44-30)10-11-25(34-27)35-28(42)22(12-17-6-4-3-5-7-17)39-16-33-20(14-26(39)41)19-13-18(31)8-9-21(19)40-15-24(32)37-38-40/h3-11,13-16,22H,12H2,1-2H3,(H2,34,35,36,42,43). The van der Waals surface area contributed by atoms with Gasteiger partial charge in [-0.2, -0.15) is 0 Å². The van der Waals surface area contributed by atoms with E-state index < -0.39 is 23.1 Å². The summed E-state index contributed by atoms with van der Waals surface area (Å²) in [5.41, 5.74) is 0.659. The van der Waals surface area contributed by atoms with E-state index >= 15 is 0 Å². The Morgan fingerprint density at radius 2 is 1.86 bits per heavy atom. The molecule has 2 N–H and O–H groups in total. The number of hydrogen-bond acceptors (Lipinski definition) is 8. The summed E-state index contributed by atoms with van der Waals surface area (Å²) in [5.74, 6) is -0.153. The van der Waals surface area contributed by atoms with Crippen LogP contribution >= 0.6 is 23.2 Å². The summed E-state index contributed by atoms with van der Waals surface area (Å²) >= 11 is 12.3. The fraction of sp³-hybridized carbons (Fsp3) is 0.167. The highest BCUT2D eigenvalue weighted by molar-refractivity contribution is 6.31. The van der Waals surface area contributed by atoms with Crippen LogP contribution in [-0.2, 0) is 16.0 Å². The van der Waals surface area contributed by atoms with Gasteiger partial charge in [0.1, 0.15) is 11.9 Å². The third-order valence-corrected chi connectivity index (χ3v) is 7.35. The first-order valence-electron chi connectivity index (χ1n) is 13.4. The molecule has 14 heteroatoms. The maximum atomic E-state index is 13.7. The summed E-state index contributed by atoms with van der Waals surface area (Å²) in [7, 11) is 0. The van der Waals surface area contributed by atoms with E-state index in [9.17, 15) is 14.4 Å². The number of aromatic nitrogens is 6. The number of nitrogens with one attached hydrogen (secondary N) is 2. The molecule has 0 fully saturated rings. The van der Waals surface area contributed by atoms with Gasteiger partial charge in [0.2, 0.25) is 5.91 Å². The SMILES string of the molecule is CC1(C)Oc2ccc(NC(=O)C(Cc3ccccc3)n3cnc(-c4cc(Cl)ccc4-n4cc(Cl)nn4)cc3=O)nc2NC1=O. The Hall–Kier alpha value is -5.07. The lowest BCUT2D eigenvalue weighted by Crippen LogP contribution is -2.46. The number of hydrogen-bond donors (Lipinski definition) is 2. The number of benzene rings is 2. The average molecular weight is 631 g/mol. The predicted octanol–water partition coefficient (Wildman–Crippen LogP) is 4.72. The molecule has 1 unspecified atom stereocenters. The van der Waals surface area contributed by atoms with Crippen molar-refractivity contribution < 1.29 is 14.3 Å². The summed E-state index contributed by atoms with van der Waals surface area (Å²) in [5, 5.41) is 13.9. The van der Waals surface area contributed by atoms with Gasteiger partial charge >= 0.3 is 0 Å². The molecule has 2 aromatic carbocycles. The van der Waals surface area contributed by atoms with Crippen molar-refractivity contribution in [2.75, 3.05) is 10.6 Å². The van der Waals surface area contributed by atoms with E-state index in [1.54, 1.807) is 44.2 Å². The maximum Gasteiger partial charge on any atom is 0.269 e. The Kier molecular flexibility index (Phi) is 7.62. The summed E-state index contributed by atoms with van der Waals surface area (Å²) in [6.07, 6.45) is 3.02. The van der Waals surface area contributed by atoms with Crippen LogP contribution in [0.15, 0.2) is 84.0 Å². The summed E-state index contributed by atoms with van der Waals surface area (Å²) < 4.78 is 8.44. The summed E-state index contributed by atoms with van der Waals surface area (Å²) in [6.45, 7) is 3.28. The molecule has 0 radical (unpaired) electrons. The van der Waals surface area contributed by atoms with E-state index in [0.717, 1.165) is 5.56 Å². The van der Waals surface area contributed by atoms with Crippen LogP contribution in [0.1, 0.15) is 25.5 Å². The first kappa shape index (κ1) is 29.0. The molecule has 0 saturated carbocycles. The normalized spacial score (nSPS) is 14.2. The van der Waals surface area contributed by atoms with Gasteiger partial charge < -0.3 is 15.4 Å². The zero-order chi connectivity index (χ0) is 31.0. The van der Waals surface area contributed by atoms with E-state index in [1.807, 2.05) is 30.3 Å². The zero-order valence-electron chi connectivity index (χ0n) is 23.4. The van der Waals surface area contributed by atoms with Crippen LogP contribution in [-0.4, -0.2) is 46.9 Å². The van der Waals surface area contributed by atoms with Crippen molar-refractivity contribution in [2.45, 2.75) is 31.9 Å². The van der Waals surface area contributed by atoms with E-state index in [-0.39, 0.29) is 29.1 Å². The maximum absolute atomic E-state index is 13.7. The van der Waals surface area contributed by atoms with Crippen molar-refractivity contribution in [1.82, 2.24) is 29.5 Å². The summed E-state index contributed by atoms with van der Waals surface area (Å²) in [6, 6.07) is 17.8. The Morgan fingerprint density at radius 1 is 1.07 bits per heavy atom. The monoisotopic (exact) mass is 630 g/mol. The van der Waals surface area contributed by atoms with E-state index in [2.05, 4.69) is 30.9 Å². The molecular formula is C30H24Cl2N8O4. The topological polar surface area (TPSA) is 146 Å². The molecule has 44 heavy (non-hydrogen) atoms. The number of amides is 2. The third kappa shape index (κ3) is 5.90. The number of nitrogens with zero attached hydrogens (tertiary/aromatic N) is 6. The highest BCUT2D eigenvalue weighted by Gasteiger charge is 2.36. The molecule has 0 bridgehead atoms. The van der Waals surface area contributed by atoms with E-state index in [0.29, 0.717) is 27.7 Å². The fourth-order valence-corrected chi connectivity index (χ4v) is 5.00. The van der Waals surface area contributed by atoms with Crippen molar-refractivity contribution in [1.29, 1.82) is 0 Å². The Morgan fingerprint density at radius 3 is 2.59 bits per heavy atom. The van der Waals surface area contributed by atoms with Gasteiger partial charge in [0, 0.05) is 23.1 Å². The molecule has 0 saturated heterocycles. The first-order chi connectivity index (χ1) is 21.1. The number of pyridine rings is 1.